The molecule has 0 aliphatic rings. The third-order valence-electron chi connectivity index (χ3n) is 2.88. The van der Waals surface area contributed by atoms with E-state index < -0.39 is 12.4 Å². The van der Waals surface area contributed by atoms with E-state index in [2.05, 4.69) is 0 Å². The van der Waals surface area contributed by atoms with Gasteiger partial charge in [0.2, 0.25) is 0 Å². The molecule has 0 radical (unpaired) electrons. The molecule has 0 N–H and O–H groups in total. The van der Waals surface area contributed by atoms with E-state index >= 15 is 0 Å². The second kappa shape index (κ2) is 8.04. The van der Waals surface area contributed by atoms with Crippen LogP contribution in [0.3, 0.4) is 0 Å². The molecular weight excluding hydrogens is 327 g/mol. The minimum atomic E-state index is -4.97. The van der Waals surface area contributed by atoms with E-state index in [1.807, 2.05) is 12.1 Å². The predicted molar refractivity (Wildman–Crippen MR) is 75.7 cm³/mol. The fourth-order valence-electron chi connectivity index (χ4n) is 1.78. The molecule has 0 atom stereocenters. The maximum Gasteiger partial charge on any atom is 1.00 e. The zero-order valence-electron chi connectivity index (χ0n) is 11.7. The molecule has 2 aromatic rings. The molecule has 0 saturated carbocycles. The topological polar surface area (TPSA) is 9.23 Å². The molecule has 0 bridgehead atoms. The van der Waals surface area contributed by atoms with E-state index in [9.17, 15) is 12.9 Å². The first-order chi connectivity index (χ1) is 9.36. The number of halogens is 4. The van der Waals surface area contributed by atoms with Crippen molar-refractivity contribution in [3.05, 3.63) is 58.6 Å². The summed E-state index contributed by atoms with van der Waals surface area (Å²) in [7, 11) is 0. The Hall–Kier alpha value is 0.0213. The quantitative estimate of drug-likeness (QED) is 0.763. The van der Waals surface area contributed by atoms with Crippen molar-refractivity contribution in [1.82, 2.24) is 0 Å². The number of rotatable bonds is 4. The Kier molecular flexibility index (Phi) is 7.30. The van der Waals surface area contributed by atoms with Crippen LogP contribution in [-0.4, -0.2) is 6.98 Å². The molecule has 0 aromatic heterocycles. The maximum absolute atomic E-state index is 12.6. The molecule has 0 amide bonds. The second-order valence-electron chi connectivity index (χ2n) is 4.51. The summed E-state index contributed by atoms with van der Waals surface area (Å²) in [5.41, 5.74) is 0.759. The Morgan fingerprint density at radius 1 is 1.05 bits per heavy atom. The summed E-state index contributed by atoms with van der Waals surface area (Å²) < 4.78 is 43.3. The molecule has 0 spiro atoms. The molecule has 2 rings (SSSR count). The summed E-state index contributed by atoms with van der Waals surface area (Å²) in [5.74, 6) is 0.448. The largest absolute Gasteiger partial charge is 1.00 e. The summed E-state index contributed by atoms with van der Waals surface area (Å²) in [6, 6.07) is 10.6. The summed E-state index contributed by atoms with van der Waals surface area (Å²) >= 11 is 5.77. The molecule has 0 aliphatic heterocycles. The van der Waals surface area contributed by atoms with E-state index in [0.717, 1.165) is 17.7 Å². The Labute approximate surface area is 169 Å². The number of benzene rings is 2. The number of aryl methyl sites for hydroxylation is 1. The van der Waals surface area contributed by atoms with E-state index in [1.54, 1.807) is 19.1 Å². The van der Waals surface area contributed by atoms with Crippen LogP contribution in [0, 0.1) is 6.92 Å². The first kappa shape index (κ1) is 19.1. The van der Waals surface area contributed by atoms with Crippen LogP contribution in [-0.2, 0) is 6.61 Å². The molecule has 0 aliphatic carbocycles. The van der Waals surface area contributed by atoms with Gasteiger partial charge < -0.3 is 17.7 Å². The van der Waals surface area contributed by atoms with Gasteiger partial charge in [-0.3, -0.25) is 0 Å². The fraction of sp³-hybridized carbons (Fsp3) is 0.143. The molecule has 1 nitrogen and oxygen atoms in total. The van der Waals surface area contributed by atoms with Crippen molar-refractivity contribution in [3.63, 3.8) is 0 Å². The third-order valence-corrected chi connectivity index (χ3v) is 3.14. The van der Waals surface area contributed by atoms with Gasteiger partial charge >= 0.3 is 58.4 Å². The van der Waals surface area contributed by atoms with Crippen molar-refractivity contribution in [2.45, 2.75) is 13.5 Å². The SMILES string of the molecule is Cc1cc([B-](F)(F)F)ccc1OCc1ccc(Cl)cc1.[K+]. The first-order valence-electron chi connectivity index (χ1n) is 6.04. The molecule has 0 saturated heterocycles. The molecule has 0 heterocycles. The average Bonchev–Trinajstić information content (AvgIpc) is 2.38. The van der Waals surface area contributed by atoms with Gasteiger partial charge in [-0.15, -0.1) is 5.46 Å². The van der Waals surface area contributed by atoms with Crippen LogP contribution >= 0.6 is 11.6 Å². The molecule has 0 fully saturated rings. The van der Waals surface area contributed by atoms with Gasteiger partial charge in [0.1, 0.15) is 12.4 Å². The first-order valence-corrected chi connectivity index (χ1v) is 6.42. The van der Waals surface area contributed by atoms with Crippen LogP contribution in [0.2, 0.25) is 5.02 Å². The fourth-order valence-corrected chi connectivity index (χ4v) is 1.91. The number of hydrogen-bond donors (Lipinski definition) is 0. The van der Waals surface area contributed by atoms with Crippen LogP contribution < -0.4 is 61.6 Å². The zero-order valence-corrected chi connectivity index (χ0v) is 15.6. The standard InChI is InChI=1S/C14H12BClF3O.K/c1-10-8-12(15(17,18)19)4-7-14(10)20-9-11-2-5-13(16)6-3-11;/h2-8H,9H2,1H3;/q-1;+1. The van der Waals surface area contributed by atoms with Crippen molar-refractivity contribution < 1.29 is 69.1 Å². The van der Waals surface area contributed by atoms with E-state index in [4.69, 9.17) is 16.3 Å². The van der Waals surface area contributed by atoms with Gasteiger partial charge in [-0.1, -0.05) is 35.9 Å². The van der Waals surface area contributed by atoms with Gasteiger partial charge in [0.05, 0.1) is 0 Å². The second-order valence-corrected chi connectivity index (χ2v) is 4.95. The van der Waals surface area contributed by atoms with Gasteiger partial charge in [0.15, 0.2) is 0 Å². The van der Waals surface area contributed by atoms with Crippen LogP contribution in [0.5, 0.6) is 5.75 Å². The van der Waals surface area contributed by atoms with Crippen LogP contribution in [0.25, 0.3) is 0 Å². The van der Waals surface area contributed by atoms with Crippen molar-refractivity contribution in [3.8, 4) is 5.75 Å². The van der Waals surface area contributed by atoms with E-state index in [1.165, 1.54) is 6.07 Å². The van der Waals surface area contributed by atoms with Crippen molar-refractivity contribution in [2.24, 2.45) is 0 Å². The molecule has 106 valence electrons. The van der Waals surface area contributed by atoms with Crippen molar-refractivity contribution in [1.29, 1.82) is 0 Å². The summed E-state index contributed by atoms with van der Waals surface area (Å²) in [4.78, 5) is 0. The summed E-state index contributed by atoms with van der Waals surface area (Å²) in [6.45, 7) is -3.09. The van der Waals surface area contributed by atoms with Gasteiger partial charge in [-0.05, 0) is 36.2 Å². The van der Waals surface area contributed by atoms with Crippen molar-refractivity contribution in [2.75, 3.05) is 0 Å². The normalized spacial score (nSPS) is 10.9. The van der Waals surface area contributed by atoms with Gasteiger partial charge in [-0.25, -0.2) is 0 Å². The predicted octanol–water partition coefficient (Wildman–Crippen LogP) is 1.29. The molecule has 0 unspecified atom stereocenters. The van der Waals surface area contributed by atoms with Crippen LogP contribution in [0.4, 0.5) is 12.9 Å². The number of hydrogen-bond acceptors (Lipinski definition) is 1. The summed E-state index contributed by atoms with van der Waals surface area (Å²) in [6.07, 6.45) is 0. The molecular formula is C14H12BClF3KO. The van der Waals surface area contributed by atoms with Gasteiger partial charge in [0, 0.05) is 5.02 Å². The van der Waals surface area contributed by atoms with Gasteiger partial charge in [0.25, 0.3) is 0 Å². The van der Waals surface area contributed by atoms with Crippen LogP contribution in [0.15, 0.2) is 42.5 Å². The minimum absolute atomic E-state index is 0. The third kappa shape index (κ3) is 5.62. The number of ether oxygens (including phenoxy) is 1. The van der Waals surface area contributed by atoms with Gasteiger partial charge in [-0.2, -0.15) is 0 Å². The monoisotopic (exact) mass is 338 g/mol. The molecule has 2 aromatic carbocycles. The Bertz CT molecular complexity index is 602. The zero-order chi connectivity index (χ0) is 14.8. The minimum Gasteiger partial charge on any atom is -0.489 e. The Morgan fingerprint density at radius 3 is 2.19 bits per heavy atom. The smallest absolute Gasteiger partial charge is 0.489 e. The van der Waals surface area contributed by atoms with Crippen molar-refractivity contribution >= 4 is 24.0 Å². The van der Waals surface area contributed by atoms with E-state index in [0.29, 0.717) is 16.3 Å². The Morgan fingerprint density at radius 2 is 1.67 bits per heavy atom. The van der Waals surface area contributed by atoms with E-state index in [-0.39, 0.29) is 58.0 Å². The Balaban J connectivity index is 0.00000220. The maximum atomic E-state index is 12.6. The van der Waals surface area contributed by atoms with Crippen LogP contribution in [0.1, 0.15) is 11.1 Å². The average molecular weight is 339 g/mol. The molecule has 7 heteroatoms. The molecule has 21 heavy (non-hydrogen) atoms. The summed E-state index contributed by atoms with van der Waals surface area (Å²) in [5, 5.41) is 0.627.